The second kappa shape index (κ2) is 9.50. The SMILES string of the molecule is COc1cc(C)cc2cc(-c3cc(C(=O)N4CCNCC4)n4ncnc(N)c34)sc12.Cl.Cl. The Hall–Kier alpha value is -2.59. The molecule has 0 spiro atoms. The third kappa shape index (κ3) is 3.97. The van der Waals surface area contributed by atoms with Crippen molar-refractivity contribution >= 4 is 63.5 Å². The van der Waals surface area contributed by atoms with E-state index in [1.54, 1.807) is 23.0 Å². The highest BCUT2D eigenvalue weighted by Crippen LogP contribution is 2.42. The minimum atomic E-state index is -0.0506. The molecule has 4 heterocycles. The molecule has 0 atom stereocenters. The molecular formula is C21H24Cl2N6O2S. The number of hydrogen-bond acceptors (Lipinski definition) is 7. The molecule has 4 aromatic rings. The number of anilines is 1. The van der Waals surface area contributed by atoms with Gasteiger partial charge in [-0.2, -0.15) is 5.10 Å². The van der Waals surface area contributed by atoms with Crippen molar-refractivity contribution in [3.63, 3.8) is 0 Å². The fourth-order valence-electron chi connectivity index (χ4n) is 3.99. The van der Waals surface area contributed by atoms with E-state index in [4.69, 9.17) is 10.5 Å². The van der Waals surface area contributed by atoms with Crippen LogP contribution in [0.5, 0.6) is 5.75 Å². The third-order valence-electron chi connectivity index (χ3n) is 5.42. The number of ether oxygens (including phenoxy) is 1. The number of piperazine rings is 1. The van der Waals surface area contributed by atoms with Crippen molar-refractivity contribution in [1.29, 1.82) is 0 Å². The van der Waals surface area contributed by atoms with Gasteiger partial charge in [-0.25, -0.2) is 9.50 Å². The summed E-state index contributed by atoms with van der Waals surface area (Å²) in [4.78, 5) is 20.3. The van der Waals surface area contributed by atoms with Crippen molar-refractivity contribution in [3.05, 3.63) is 41.9 Å². The van der Waals surface area contributed by atoms with Crippen LogP contribution in [0.25, 0.3) is 26.0 Å². The molecule has 1 fully saturated rings. The maximum Gasteiger partial charge on any atom is 0.272 e. The summed E-state index contributed by atoms with van der Waals surface area (Å²) in [6.07, 6.45) is 1.39. The Labute approximate surface area is 201 Å². The lowest BCUT2D eigenvalue weighted by molar-refractivity contribution is 0.0727. The fraction of sp³-hybridized carbons (Fsp3) is 0.286. The van der Waals surface area contributed by atoms with Crippen LogP contribution in [0.15, 0.2) is 30.6 Å². The first-order valence-corrected chi connectivity index (χ1v) is 10.6. The molecule has 1 aliphatic heterocycles. The largest absolute Gasteiger partial charge is 0.495 e. The number of nitrogens with two attached hydrogens (primary N) is 1. The Balaban J connectivity index is 0.00000144. The molecule has 0 bridgehead atoms. The monoisotopic (exact) mass is 494 g/mol. The van der Waals surface area contributed by atoms with Crippen molar-refractivity contribution < 1.29 is 9.53 Å². The van der Waals surface area contributed by atoms with E-state index in [0.717, 1.165) is 44.9 Å². The molecule has 32 heavy (non-hydrogen) atoms. The van der Waals surface area contributed by atoms with Crippen LogP contribution in [0.4, 0.5) is 5.82 Å². The highest BCUT2D eigenvalue weighted by atomic mass is 35.5. The summed E-state index contributed by atoms with van der Waals surface area (Å²) >= 11 is 1.61. The minimum absolute atomic E-state index is 0. The van der Waals surface area contributed by atoms with Crippen molar-refractivity contribution in [2.24, 2.45) is 0 Å². The van der Waals surface area contributed by atoms with Crippen LogP contribution in [0, 0.1) is 6.92 Å². The van der Waals surface area contributed by atoms with Crippen LogP contribution in [0.2, 0.25) is 0 Å². The normalized spacial score (nSPS) is 13.6. The Morgan fingerprint density at radius 1 is 1.19 bits per heavy atom. The predicted molar refractivity (Wildman–Crippen MR) is 133 cm³/mol. The van der Waals surface area contributed by atoms with Gasteiger partial charge >= 0.3 is 0 Å². The number of nitrogens with zero attached hydrogens (tertiary/aromatic N) is 4. The van der Waals surface area contributed by atoms with Gasteiger partial charge in [-0.15, -0.1) is 36.2 Å². The summed E-state index contributed by atoms with van der Waals surface area (Å²) in [6, 6.07) is 8.14. The number of nitrogen functional groups attached to an aromatic ring is 1. The molecule has 1 saturated heterocycles. The highest BCUT2D eigenvalue weighted by Gasteiger charge is 2.25. The standard InChI is InChI=1S/C21H22N6O2S.2ClH/c1-12-7-13-9-17(30-19(13)16(8-12)29-2)14-10-15(21(28)26-5-3-23-4-6-26)27-18(14)20(22)24-11-25-27;;/h7-11,23H,3-6H2,1-2H3,(H2,22,24,25);2*1H. The number of nitrogens with one attached hydrogen (secondary N) is 1. The summed E-state index contributed by atoms with van der Waals surface area (Å²) in [6.45, 7) is 4.95. The van der Waals surface area contributed by atoms with Gasteiger partial charge in [-0.3, -0.25) is 4.79 Å². The van der Waals surface area contributed by atoms with E-state index in [1.165, 1.54) is 6.33 Å². The fourth-order valence-corrected chi connectivity index (χ4v) is 5.14. The van der Waals surface area contributed by atoms with Crippen LogP contribution in [-0.4, -0.2) is 58.7 Å². The molecule has 1 amide bonds. The van der Waals surface area contributed by atoms with E-state index in [9.17, 15) is 4.79 Å². The second-order valence-corrected chi connectivity index (χ2v) is 8.44. The first-order chi connectivity index (χ1) is 14.6. The number of rotatable bonds is 3. The number of thiophene rings is 1. The van der Waals surface area contributed by atoms with Crippen molar-refractivity contribution in [3.8, 4) is 16.2 Å². The van der Waals surface area contributed by atoms with Gasteiger partial charge in [0.2, 0.25) is 0 Å². The lowest BCUT2D eigenvalue weighted by Crippen LogP contribution is -2.46. The van der Waals surface area contributed by atoms with Crippen LogP contribution >= 0.6 is 36.2 Å². The molecule has 8 nitrogen and oxygen atoms in total. The van der Waals surface area contributed by atoms with Gasteiger partial charge in [0.15, 0.2) is 5.82 Å². The Bertz CT molecular complexity index is 1280. The number of carbonyl (C=O) groups excluding carboxylic acids is 1. The van der Waals surface area contributed by atoms with E-state index in [1.807, 2.05) is 24.0 Å². The first kappa shape index (κ1) is 24.1. The van der Waals surface area contributed by atoms with Crippen molar-refractivity contribution in [2.45, 2.75) is 6.92 Å². The topological polar surface area (TPSA) is 97.8 Å². The van der Waals surface area contributed by atoms with Crippen molar-refractivity contribution in [2.75, 3.05) is 39.0 Å². The predicted octanol–water partition coefficient (Wildman–Crippen LogP) is 3.40. The minimum Gasteiger partial charge on any atom is -0.495 e. The summed E-state index contributed by atoms with van der Waals surface area (Å²) in [5, 5.41) is 8.71. The molecule has 0 radical (unpaired) electrons. The van der Waals surface area contributed by atoms with E-state index >= 15 is 0 Å². The number of benzene rings is 1. The van der Waals surface area contributed by atoms with E-state index in [2.05, 4.69) is 27.5 Å². The molecule has 11 heteroatoms. The number of methoxy groups -OCH3 is 1. The molecule has 5 rings (SSSR count). The zero-order valence-corrected chi connectivity index (χ0v) is 20.1. The zero-order valence-electron chi connectivity index (χ0n) is 17.6. The maximum atomic E-state index is 13.2. The molecule has 0 unspecified atom stereocenters. The number of aromatic nitrogens is 3. The van der Waals surface area contributed by atoms with Gasteiger partial charge in [0.1, 0.15) is 23.3 Å². The summed E-state index contributed by atoms with van der Waals surface area (Å²) in [5.41, 5.74) is 9.36. The maximum absolute atomic E-state index is 13.2. The number of carbonyl (C=O) groups is 1. The van der Waals surface area contributed by atoms with Crippen molar-refractivity contribution in [1.82, 2.24) is 24.8 Å². The molecule has 1 aromatic carbocycles. The lowest BCUT2D eigenvalue weighted by atomic mass is 10.1. The highest BCUT2D eigenvalue weighted by molar-refractivity contribution is 7.22. The van der Waals surface area contributed by atoms with Gasteiger partial charge in [-0.05, 0) is 36.1 Å². The smallest absolute Gasteiger partial charge is 0.272 e. The summed E-state index contributed by atoms with van der Waals surface area (Å²) < 4.78 is 8.26. The van der Waals surface area contributed by atoms with E-state index < -0.39 is 0 Å². The second-order valence-electron chi connectivity index (χ2n) is 7.39. The molecule has 0 saturated carbocycles. The summed E-state index contributed by atoms with van der Waals surface area (Å²) in [7, 11) is 1.68. The number of amides is 1. The van der Waals surface area contributed by atoms with Crippen LogP contribution < -0.4 is 15.8 Å². The molecule has 1 aliphatic rings. The summed E-state index contributed by atoms with van der Waals surface area (Å²) in [5.74, 6) is 1.14. The average molecular weight is 495 g/mol. The van der Waals surface area contributed by atoms with Gasteiger partial charge in [0.25, 0.3) is 5.91 Å². The number of halogens is 2. The molecule has 3 aromatic heterocycles. The number of hydrogen-bond donors (Lipinski definition) is 2. The molecule has 3 N–H and O–H groups in total. The quantitative estimate of drug-likeness (QED) is 0.452. The number of aryl methyl sites for hydroxylation is 1. The van der Waals surface area contributed by atoms with E-state index in [0.29, 0.717) is 30.1 Å². The molecular weight excluding hydrogens is 471 g/mol. The number of fused-ring (bicyclic) bond motifs is 2. The Morgan fingerprint density at radius 3 is 2.66 bits per heavy atom. The Morgan fingerprint density at radius 2 is 1.94 bits per heavy atom. The van der Waals surface area contributed by atoms with Crippen LogP contribution in [-0.2, 0) is 0 Å². The zero-order chi connectivity index (χ0) is 20.8. The van der Waals surface area contributed by atoms with Gasteiger partial charge < -0.3 is 20.7 Å². The van der Waals surface area contributed by atoms with Gasteiger partial charge in [0, 0.05) is 36.6 Å². The van der Waals surface area contributed by atoms with Gasteiger partial charge in [-0.1, -0.05) is 6.07 Å². The molecule has 0 aliphatic carbocycles. The van der Waals surface area contributed by atoms with Crippen LogP contribution in [0.3, 0.4) is 0 Å². The van der Waals surface area contributed by atoms with Crippen LogP contribution in [0.1, 0.15) is 16.1 Å². The van der Waals surface area contributed by atoms with Gasteiger partial charge in [0.05, 0.1) is 11.8 Å². The van der Waals surface area contributed by atoms with E-state index in [-0.39, 0.29) is 30.7 Å². The molecule has 170 valence electrons. The first-order valence-electron chi connectivity index (χ1n) is 9.77. The average Bonchev–Trinajstić information content (AvgIpc) is 3.35. The lowest BCUT2D eigenvalue weighted by Gasteiger charge is -2.27. The Kier molecular flexibility index (Phi) is 7.14. The third-order valence-corrected chi connectivity index (χ3v) is 6.62.